The number of aromatic nitrogens is 3. The van der Waals surface area contributed by atoms with Gasteiger partial charge in [0, 0.05) is 37.7 Å². The van der Waals surface area contributed by atoms with Gasteiger partial charge in [0.25, 0.3) is 5.91 Å². The Balaban J connectivity index is 1.69. The molecule has 2 aromatic rings. The predicted molar refractivity (Wildman–Crippen MR) is 92.6 cm³/mol. The first-order valence-electron chi connectivity index (χ1n) is 8.54. The van der Waals surface area contributed by atoms with E-state index in [1.54, 1.807) is 24.7 Å². The van der Waals surface area contributed by atoms with E-state index in [9.17, 15) is 4.79 Å². The van der Waals surface area contributed by atoms with Crippen LogP contribution < -0.4 is 5.32 Å². The summed E-state index contributed by atoms with van der Waals surface area (Å²) in [4.78, 5) is 27.4. The predicted octanol–water partition coefficient (Wildman–Crippen LogP) is 2.89. The van der Waals surface area contributed by atoms with Crippen molar-refractivity contribution in [2.45, 2.75) is 45.2 Å². The molecule has 0 bridgehead atoms. The average Bonchev–Trinajstić information content (AvgIpc) is 2.67. The molecule has 1 aliphatic heterocycles. The van der Waals surface area contributed by atoms with Gasteiger partial charge in [-0.1, -0.05) is 6.92 Å². The molecule has 0 aromatic carbocycles. The molecule has 6 nitrogen and oxygen atoms in total. The fraction of sp³-hybridized carbons (Fsp3) is 0.444. The number of hydrogen-bond donors (Lipinski definition) is 1. The van der Waals surface area contributed by atoms with Gasteiger partial charge in [-0.25, -0.2) is 9.97 Å². The highest BCUT2D eigenvalue weighted by Crippen LogP contribution is 2.21. The largest absolute Gasteiger partial charge is 0.350 e. The molecule has 6 heteroatoms. The van der Waals surface area contributed by atoms with Gasteiger partial charge in [-0.05, 0) is 49.4 Å². The van der Waals surface area contributed by atoms with Crippen LogP contribution in [0.15, 0.2) is 36.8 Å². The van der Waals surface area contributed by atoms with Crippen LogP contribution in [0.3, 0.4) is 0 Å². The Hall–Kier alpha value is -2.50. The van der Waals surface area contributed by atoms with Crippen molar-refractivity contribution < 1.29 is 4.79 Å². The van der Waals surface area contributed by atoms with Gasteiger partial charge in [0.2, 0.25) is 5.95 Å². The molecule has 1 atom stereocenters. The van der Waals surface area contributed by atoms with E-state index in [-0.39, 0.29) is 5.91 Å². The Labute approximate surface area is 142 Å². The average molecular weight is 325 g/mol. The lowest BCUT2D eigenvalue weighted by Gasteiger charge is -2.35. The van der Waals surface area contributed by atoms with Gasteiger partial charge in [0.1, 0.15) is 5.69 Å². The molecule has 1 N–H and O–H groups in total. The van der Waals surface area contributed by atoms with E-state index >= 15 is 0 Å². The van der Waals surface area contributed by atoms with Crippen LogP contribution in [-0.2, 0) is 6.54 Å². The van der Waals surface area contributed by atoms with Gasteiger partial charge >= 0.3 is 0 Å². The van der Waals surface area contributed by atoms with Crippen molar-refractivity contribution >= 4 is 11.9 Å². The summed E-state index contributed by atoms with van der Waals surface area (Å²) in [6.07, 6.45) is 9.48. The first-order valence-corrected chi connectivity index (χ1v) is 8.54. The van der Waals surface area contributed by atoms with Gasteiger partial charge in [0.05, 0.1) is 0 Å². The summed E-state index contributed by atoms with van der Waals surface area (Å²) in [5.41, 5.74) is 1.55. The molecule has 0 spiro atoms. The van der Waals surface area contributed by atoms with Crippen LogP contribution in [0.25, 0.3) is 0 Å². The highest BCUT2D eigenvalue weighted by atomic mass is 16.2. The molecule has 0 aliphatic carbocycles. The first-order chi connectivity index (χ1) is 11.8. The number of carbonyl (C=O) groups is 1. The van der Waals surface area contributed by atoms with E-state index in [2.05, 4.69) is 27.2 Å². The van der Waals surface area contributed by atoms with Gasteiger partial charge in [-0.2, -0.15) is 0 Å². The first kappa shape index (κ1) is 16.4. The van der Waals surface area contributed by atoms with Crippen LogP contribution >= 0.6 is 0 Å². The Bertz CT molecular complexity index is 676. The van der Waals surface area contributed by atoms with Crippen molar-refractivity contribution in [3.8, 4) is 0 Å². The number of nitrogens with zero attached hydrogens (tertiary/aromatic N) is 4. The minimum absolute atomic E-state index is 0.0101. The molecule has 1 amide bonds. The molecule has 2 aromatic heterocycles. The second-order valence-electron chi connectivity index (χ2n) is 6.03. The Morgan fingerprint density at radius 2 is 2.08 bits per heavy atom. The minimum atomic E-state index is 0.0101. The topological polar surface area (TPSA) is 71.0 Å². The maximum Gasteiger partial charge on any atom is 0.272 e. The molecule has 1 aliphatic rings. The molecule has 1 unspecified atom stereocenters. The summed E-state index contributed by atoms with van der Waals surface area (Å²) in [5.74, 6) is 0.485. The maximum atomic E-state index is 12.8. The zero-order chi connectivity index (χ0) is 16.8. The number of likely N-dealkylation sites (tertiary alicyclic amines) is 1. The molecule has 126 valence electrons. The lowest BCUT2D eigenvalue weighted by atomic mass is 9.99. The van der Waals surface area contributed by atoms with E-state index < -0.39 is 0 Å². The van der Waals surface area contributed by atoms with Gasteiger partial charge in [0.15, 0.2) is 0 Å². The van der Waals surface area contributed by atoms with Crippen LogP contribution in [0.2, 0.25) is 0 Å². The number of carbonyl (C=O) groups excluding carboxylic acids is 1. The summed E-state index contributed by atoms with van der Waals surface area (Å²) >= 11 is 0. The summed E-state index contributed by atoms with van der Waals surface area (Å²) in [5, 5.41) is 3.16. The smallest absolute Gasteiger partial charge is 0.272 e. The van der Waals surface area contributed by atoms with Crippen LogP contribution in [0.5, 0.6) is 0 Å². The highest BCUT2D eigenvalue weighted by molar-refractivity contribution is 5.92. The zero-order valence-electron chi connectivity index (χ0n) is 14.0. The molecule has 0 saturated carbocycles. The van der Waals surface area contributed by atoms with Crippen molar-refractivity contribution in [2.75, 3.05) is 11.9 Å². The number of nitrogens with one attached hydrogen (secondary N) is 1. The Morgan fingerprint density at radius 3 is 2.88 bits per heavy atom. The number of hydrogen-bond acceptors (Lipinski definition) is 5. The molecule has 1 fully saturated rings. The van der Waals surface area contributed by atoms with Crippen molar-refractivity contribution in [3.63, 3.8) is 0 Å². The van der Waals surface area contributed by atoms with E-state index in [0.29, 0.717) is 24.2 Å². The fourth-order valence-corrected chi connectivity index (χ4v) is 3.08. The molecular formula is C18H23N5O. The standard InChI is InChI=1S/C18H23N5O/c1-2-15-5-3-4-12-23(15)17(24)16-8-11-20-18(22-16)21-13-14-6-9-19-10-7-14/h6-11,15H,2-5,12-13H2,1H3,(H,20,21,22). The van der Waals surface area contributed by atoms with Crippen LogP contribution in [0.1, 0.15) is 48.7 Å². The third-order valence-electron chi connectivity index (χ3n) is 4.43. The van der Waals surface area contributed by atoms with Crippen molar-refractivity contribution in [2.24, 2.45) is 0 Å². The summed E-state index contributed by atoms with van der Waals surface area (Å²) in [6, 6.07) is 5.89. The molecule has 1 saturated heterocycles. The number of amides is 1. The van der Waals surface area contributed by atoms with Crippen LogP contribution in [-0.4, -0.2) is 38.3 Å². The second-order valence-corrected chi connectivity index (χ2v) is 6.03. The number of pyridine rings is 1. The molecule has 3 rings (SSSR count). The SMILES string of the molecule is CCC1CCCCN1C(=O)c1ccnc(NCc2ccncc2)n1. The van der Waals surface area contributed by atoms with Crippen molar-refractivity contribution in [1.82, 2.24) is 19.9 Å². The molecule has 24 heavy (non-hydrogen) atoms. The van der Waals surface area contributed by atoms with E-state index in [1.165, 1.54) is 6.42 Å². The lowest BCUT2D eigenvalue weighted by molar-refractivity contribution is 0.0602. The van der Waals surface area contributed by atoms with E-state index in [1.807, 2.05) is 17.0 Å². The fourth-order valence-electron chi connectivity index (χ4n) is 3.08. The van der Waals surface area contributed by atoms with Gasteiger partial charge in [-0.15, -0.1) is 0 Å². The second kappa shape index (κ2) is 7.86. The molecule has 0 radical (unpaired) electrons. The Morgan fingerprint density at radius 1 is 1.25 bits per heavy atom. The monoisotopic (exact) mass is 325 g/mol. The number of rotatable bonds is 5. The van der Waals surface area contributed by atoms with E-state index in [4.69, 9.17) is 0 Å². The van der Waals surface area contributed by atoms with Crippen LogP contribution in [0.4, 0.5) is 5.95 Å². The van der Waals surface area contributed by atoms with Gasteiger partial charge < -0.3 is 10.2 Å². The third kappa shape index (κ3) is 3.88. The highest BCUT2D eigenvalue weighted by Gasteiger charge is 2.27. The third-order valence-corrected chi connectivity index (χ3v) is 4.43. The summed E-state index contributed by atoms with van der Waals surface area (Å²) in [6.45, 7) is 3.56. The van der Waals surface area contributed by atoms with Crippen molar-refractivity contribution in [3.05, 3.63) is 48.0 Å². The normalized spacial score (nSPS) is 17.5. The Kier molecular flexibility index (Phi) is 5.36. The lowest BCUT2D eigenvalue weighted by Crippen LogP contribution is -2.43. The summed E-state index contributed by atoms with van der Waals surface area (Å²) < 4.78 is 0. The van der Waals surface area contributed by atoms with Crippen molar-refractivity contribution in [1.29, 1.82) is 0 Å². The maximum absolute atomic E-state index is 12.8. The zero-order valence-corrected chi connectivity index (χ0v) is 14.0. The van der Waals surface area contributed by atoms with E-state index in [0.717, 1.165) is 31.4 Å². The van der Waals surface area contributed by atoms with Gasteiger partial charge in [-0.3, -0.25) is 9.78 Å². The molecule has 3 heterocycles. The quantitative estimate of drug-likeness (QED) is 0.915. The number of anilines is 1. The molecular weight excluding hydrogens is 302 g/mol. The minimum Gasteiger partial charge on any atom is -0.350 e. The summed E-state index contributed by atoms with van der Waals surface area (Å²) in [7, 11) is 0. The van der Waals surface area contributed by atoms with Crippen LogP contribution in [0, 0.1) is 0 Å². The number of piperidine rings is 1.